The first-order valence-corrected chi connectivity index (χ1v) is 11.0. The van der Waals surface area contributed by atoms with Crippen LogP contribution in [-0.2, 0) is 15.0 Å². The van der Waals surface area contributed by atoms with Gasteiger partial charge < -0.3 is 4.42 Å². The highest BCUT2D eigenvalue weighted by molar-refractivity contribution is 6.39. The van der Waals surface area contributed by atoms with E-state index in [0.29, 0.717) is 11.3 Å². The lowest BCUT2D eigenvalue weighted by Gasteiger charge is -2.57. The summed E-state index contributed by atoms with van der Waals surface area (Å²) in [7, 11) is 0. The molecule has 4 bridgehead atoms. The lowest BCUT2D eigenvalue weighted by molar-refractivity contribution is -0.122. The number of urea groups is 1. The summed E-state index contributed by atoms with van der Waals surface area (Å²) in [6, 6.07) is 8.78. The molecule has 5 aliphatic rings. The number of hydrogen-bond acceptors (Lipinski definition) is 4. The number of nitrogens with zero attached hydrogens (tertiary/aromatic N) is 1. The van der Waals surface area contributed by atoms with E-state index in [-0.39, 0.29) is 11.0 Å². The van der Waals surface area contributed by atoms with Gasteiger partial charge in [0.2, 0.25) is 0 Å². The Morgan fingerprint density at radius 3 is 2.16 bits per heavy atom. The lowest BCUT2D eigenvalue weighted by atomic mass is 9.48. The van der Waals surface area contributed by atoms with Gasteiger partial charge in [0, 0.05) is 5.56 Å². The molecule has 4 amide bonds. The molecule has 5 fully saturated rings. The van der Waals surface area contributed by atoms with Gasteiger partial charge in [-0.1, -0.05) is 12.1 Å². The number of benzene rings is 1. The van der Waals surface area contributed by atoms with Gasteiger partial charge in [0.1, 0.15) is 5.57 Å². The molecule has 31 heavy (non-hydrogen) atoms. The SMILES string of the molecule is O=C1NC(=O)N(c2ccc(C34CC5CC(CC(C5)C3)C4)cc2)C(=O)/C1=C/c1ccoc1. The Morgan fingerprint density at radius 1 is 0.935 bits per heavy atom. The molecule has 0 spiro atoms. The van der Waals surface area contributed by atoms with Crippen LogP contribution in [0.4, 0.5) is 10.5 Å². The standard InChI is InChI=1S/C25H24N2O4/c28-22-21(10-15-5-6-31-14-15)23(29)27(24(30)26-22)20-3-1-19(2-4-20)25-11-16-7-17(12-25)9-18(8-16)13-25/h1-6,10,14,16-18H,7-9,11-13H2,(H,26,28,30)/b21-10+. The summed E-state index contributed by atoms with van der Waals surface area (Å²) in [6.45, 7) is 0. The summed E-state index contributed by atoms with van der Waals surface area (Å²) in [5, 5.41) is 2.27. The number of amides is 4. The van der Waals surface area contributed by atoms with Crippen molar-refractivity contribution in [2.75, 3.05) is 4.90 Å². The summed E-state index contributed by atoms with van der Waals surface area (Å²) >= 11 is 0. The van der Waals surface area contributed by atoms with Gasteiger partial charge in [0.05, 0.1) is 18.2 Å². The van der Waals surface area contributed by atoms with E-state index in [1.165, 1.54) is 62.7 Å². The molecular weight excluding hydrogens is 392 g/mol. The Labute approximate surface area is 180 Å². The molecule has 1 N–H and O–H groups in total. The second-order valence-electron chi connectivity index (χ2n) is 9.76. The van der Waals surface area contributed by atoms with Crippen LogP contribution in [-0.4, -0.2) is 17.8 Å². The van der Waals surface area contributed by atoms with Gasteiger partial charge in [-0.15, -0.1) is 0 Å². The molecule has 0 atom stereocenters. The molecular formula is C25H24N2O4. The number of rotatable bonds is 3. The van der Waals surface area contributed by atoms with E-state index >= 15 is 0 Å². The third-order valence-corrected chi connectivity index (χ3v) is 7.73. The zero-order valence-electron chi connectivity index (χ0n) is 17.2. The van der Waals surface area contributed by atoms with Crippen molar-refractivity contribution in [2.24, 2.45) is 17.8 Å². The molecule has 4 saturated carbocycles. The molecule has 1 saturated heterocycles. The fourth-order valence-electron chi connectivity index (χ4n) is 6.84. The maximum Gasteiger partial charge on any atom is 0.335 e. The predicted octanol–water partition coefficient (Wildman–Crippen LogP) is 4.41. The molecule has 0 unspecified atom stereocenters. The van der Waals surface area contributed by atoms with Crippen molar-refractivity contribution in [3.05, 3.63) is 59.6 Å². The van der Waals surface area contributed by atoms with Crippen molar-refractivity contribution in [2.45, 2.75) is 43.9 Å². The predicted molar refractivity (Wildman–Crippen MR) is 114 cm³/mol. The van der Waals surface area contributed by atoms with Crippen molar-refractivity contribution in [3.8, 4) is 0 Å². The van der Waals surface area contributed by atoms with Crippen LogP contribution < -0.4 is 10.2 Å². The molecule has 2 aromatic rings. The second kappa shape index (κ2) is 6.67. The number of carbonyl (C=O) groups is 3. The molecule has 6 nitrogen and oxygen atoms in total. The summed E-state index contributed by atoms with van der Waals surface area (Å²) in [5.41, 5.74) is 2.55. The van der Waals surface area contributed by atoms with E-state index in [9.17, 15) is 14.4 Å². The summed E-state index contributed by atoms with van der Waals surface area (Å²) in [6.07, 6.45) is 12.3. The maximum absolute atomic E-state index is 13.0. The van der Waals surface area contributed by atoms with Gasteiger partial charge in [-0.25, -0.2) is 9.69 Å². The number of carbonyl (C=O) groups excluding carboxylic acids is 3. The first-order valence-electron chi connectivity index (χ1n) is 11.0. The molecule has 2 heterocycles. The maximum atomic E-state index is 13.0. The Morgan fingerprint density at radius 2 is 1.58 bits per heavy atom. The minimum atomic E-state index is -0.720. The van der Waals surface area contributed by atoms with Crippen LogP contribution in [0.3, 0.4) is 0 Å². The fourth-order valence-corrected chi connectivity index (χ4v) is 6.84. The molecule has 7 rings (SSSR count). The summed E-state index contributed by atoms with van der Waals surface area (Å²) < 4.78 is 5.00. The van der Waals surface area contributed by atoms with E-state index in [1.807, 2.05) is 12.1 Å². The Hall–Kier alpha value is -3.15. The van der Waals surface area contributed by atoms with Crippen molar-refractivity contribution in [1.82, 2.24) is 5.32 Å². The van der Waals surface area contributed by atoms with Gasteiger partial charge in [-0.2, -0.15) is 0 Å². The zero-order valence-corrected chi connectivity index (χ0v) is 17.2. The third-order valence-electron chi connectivity index (χ3n) is 7.73. The largest absolute Gasteiger partial charge is 0.472 e. The molecule has 0 radical (unpaired) electrons. The van der Waals surface area contributed by atoms with Gasteiger partial charge in [-0.3, -0.25) is 14.9 Å². The van der Waals surface area contributed by atoms with E-state index in [1.54, 1.807) is 6.07 Å². The average Bonchev–Trinajstić information content (AvgIpc) is 3.24. The monoisotopic (exact) mass is 416 g/mol. The molecule has 1 aromatic heterocycles. The molecule has 4 aliphatic carbocycles. The highest BCUT2D eigenvalue weighted by Crippen LogP contribution is 2.60. The third kappa shape index (κ3) is 2.96. The quantitative estimate of drug-likeness (QED) is 0.594. The number of imide groups is 2. The van der Waals surface area contributed by atoms with Gasteiger partial charge in [-0.05, 0) is 91.5 Å². The van der Waals surface area contributed by atoms with E-state index in [2.05, 4.69) is 17.4 Å². The molecule has 1 aromatic carbocycles. The number of anilines is 1. The number of hydrogen-bond donors (Lipinski definition) is 1. The van der Waals surface area contributed by atoms with Crippen LogP contribution in [0.2, 0.25) is 0 Å². The second-order valence-corrected chi connectivity index (χ2v) is 9.76. The Bertz CT molecular complexity index is 1060. The molecule has 158 valence electrons. The average molecular weight is 416 g/mol. The minimum Gasteiger partial charge on any atom is -0.472 e. The van der Waals surface area contributed by atoms with Gasteiger partial charge >= 0.3 is 6.03 Å². The Balaban J connectivity index is 1.30. The first-order chi connectivity index (χ1) is 15.0. The number of barbiturate groups is 1. The number of nitrogens with one attached hydrogen (secondary N) is 1. The molecule has 6 heteroatoms. The minimum absolute atomic E-state index is 0.0915. The fraction of sp³-hybridized carbons (Fsp3) is 0.400. The van der Waals surface area contributed by atoms with Gasteiger partial charge in [0.15, 0.2) is 0 Å². The lowest BCUT2D eigenvalue weighted by Crippen LogP contribution is -2.54. The zero-order chi connectivity index (χ0) is 21.2. The van der Waals surface area contributed by atoms with Crippen LogP contribution in [0.5, 0.6) is 0 Å². The smallest absolute Gasteiger partial charge is 0.335 e. The van der Waals surface area contributed by atoms with Crippen molar-refractivity contribution >= 4 is 29.6 Å². The van der Waals surface area contributed by atoms with Crippen LogP contribution in [0.1, 0.15) is 49.7 Å². The van der Waals surface area contributed by atoms with Crippen molar-refractivity contribution in [1.29, 1.82) is 0 Å². The van der Waals surface area contributed by atoms with E-state index in [0.717, 1.165) is 22.7 Å². The highest BCUT2D eigenvalue weighted by Gasteiger charge is 2.51. The first kappa shape index (κ1) is 18.6. The van der Waals surface area contributed by atoms with Crippen molar-refractivity contribution < 1.29 is 18.8 Å². The van der Waals surface area contributed by atoms with E-state index in [4.69, 9.17) is 4.42 Å². The Kier molecular flexibility index (Phi) is 4.01. The van der Waals surface area contributed by atoms with Crippen LogP contribution in [0.15, 0.2) is 52.8 Å². The summed E-state index contributed by atoms with van der Waals surface area (Å²) in [5.74, 6) is 1.22. The topological polar surface area (TPSA) is 79.6 Å². The number of furan rings is 1. The normalized spacial score (nSPS) is 33.3. The van der Waals surface area contributed by atoms with Crippen molar-refractivity contribution in [3.63, 3.8) is 0 Å². The summed E-state index contributed by atoms with van der Waals surface area (Å²) in [4.78, 5) is 38.8. The van der Waals surface area contributed by atoms with Crippen LogP contribution in [0, 0.1) is 17.8 Å². The highest BCUT2D eigenvalue weighted by atomic mass is 16.3. The van der Waals surface area contributed by atoms with Gasteiger partial charge in [0.25, 0.3) is 11.8 Å². The van der Waals surface area contributed by atoms with Crippen LogP contribution >= 0.6 is 0 Å². The molecule has 1 aliphatic heterocycles. The van der Waals surface area contributed by atoms with E-state index < -0.39 is 17.8 Å². The van der Waals surface area contributed by atoms with Crippen LogP contribution in [0.25, 0.3) is 6.08 Å².